The second kappa shape index (κ2) is 8.31. The predicted molar refractivity (Wildman–Crippen MR) is 68.9 cm³/mol. The van der Waals surface area contributed by atoms with E-state index in [-0.39, 0.29) is 6.29 Å². The van der Waals surface area contributed by atoms with Crippen LogP contribution in [0.15, 0.2) is 0 Å². The smallest absolute Gasteiger partial charge is 0.149 e. The van der Waals surface area contributed by atoms with Crippen LogP contribution in [0.3, 0.4) is 0 Å². The Kier molecular flexibility index (Phi) is 8.38. The summed E-state index contributed by atoms with van der Waals surface area (Å²) in [5.41, 5.74) is 0. The highest BCUT2D eigenvalue weighted by Gasteiger charge is 2.17. The molecule has 0 saturated heterocycles. The number of ether oxygens (including phenoxy) is 1. The van der Waals surface area contributed by atoms with Crippen molar-refractivity contribution >= 4 is 10.5 Å². The van der Waals surface area contributed by atoms with Gasteiger partial charge in [0.2, 0.25) is 0 Å². The molecule has 1 atom stereocenters. The number of hydrogen-bond donors (Lipinski definition) is 0. The molecule has 0 heterocycles. The Morgan fingerprint density at radius 1 is 1.00 bits per heavy atom. The molecule has 0 radical (unpaired) electrons. The topological polar surface area (TPSA) is 18.5 Å². The monoisotopic (exact) mass is 232 g/mol. The van der Waals surface area contributed by atoms with Crippen LogP contribution in [0.25, 0.3) is 0 Å². The third-order valence-corrected chi connectivity index (χ3v) is 2.93. The van der Waals surface area contributed by atoms with Crippen molar-refractivity contribution < 1.29 is 9.16 Å². The van der Waals surface area contributed by atoms with Crippen LogP contribution >= 0.6 is 0 Å². The lowest BCUT2D eigenvalue weighted by atomic mass is 9.98. The quantitative estimate of drug-likeness (QED) is 0.473. The second-order valence-corrected chi connectivity index (χ2v) is 5.56. The molecule has 0 spiro atoms. The molecule has 1 unspecified atom stereocenters. The first-order valence-electron chi connectivity index (χ1n) is 6.17. The minimum absolute atomic E-state index is 0.0270. The Labute approximate surface area is 98.3 Å². The van der Waals surface area contributed by atoms with E-state index in [2.05, 4.69) is 34.6 Å². The van der Waals surface area contributed by atoms with Gasteiger partial charge in [-0.05, 0) is 31.1 Å². The van der Waals surface area contributed by atoms with Gasteiger partial charge in [0, 0.05) is 0 Å². The van der Waals surface area contributed by atoms with Crippen LogP contribution in [0, 0.1) is 11.8 Å². The van der Waals surface area contributed by atoms with Crippen LogP contribution in [0.1, 0.15) is 53.9 Å². The van der Waals surface area contributed by atoms with Crippen molar-refractivity contribution in [3.63, 3.8) is 0 Å². The highest BCUT2D eigenvalue weighted by Crippen LogP contribution is 2.19. The Hall–Kier alpha value is 0.137. The number of rotatable bonds is 8. The largest absolute Gasteiger partial charge is 0.404 e. The molecule has 15 heavy (non-hydrogen) atoms. The third kappa shape index (κ3) is 8.00. The SMILES string of the molecule is CCC(O[SiH3])OC(CC(C)C)CC(C)C. The molecule has 0 amide bonds. The van der Waals surface area contributed by atoms with Gasteiger partial charge in [0.1, 0.15) is 16.8 Å². The molecule has 0 saturated carbocycles. The molecule has 0 N–H and O–H groups in total. The highest BCUT2D eigenvalue weighted by molar-refractivity contribution is 5.98. The van der Waals surface area contributed by atoms with Crippen molar-refractivity contribution in [3.8, 4) is 0 Å². The summed E-state index contributed by atoms with van der Waals surface area (Å²) in [7, 11) is 0.760. The van der Waals surface area contributed by atoms with Crippen LogP contribution in [0.5, 0.6) is 0 Å². The van der Waals surface area contributed by atoms with Gasteiger partial charge in [-0.25, -0.2) is 0 Å². The van der Waals surface area contributed by atoms with E-state index >= 15 is 0 Å². The lowest BCUT2D eigenvalue weighted by Gasteiger charge is -2.26. The summed E-state index contributed by atoms with van der Waals surface area (Å²) in [5, 5.41) is 0. The lowest BCUT2D eigenvalue weighted by molar-refractivity contribution is -0.127. The van der Waals surface area contributed by atoms with Gasteiger partial charge in [0.15, 0.2) is 0 Å². The Bertz CT molecular complexity index is 135. The van der Waals surface area contributed by atoms with Crippen LogP contribution in [-0.4, -0.2) is 22.9 Å². The maximum absolute atomic E-state index is 5.98. The lowest BCUT2D eigenvalue weighted by Crippen LogP contribution is -2.26. The van der Waals surface area contributed by atoms with Crippen LogP contribution < -0.4 is 0 Å². The summed E-state index contributed by atoms with van der Waals surface area (Å²) in [6.07, 6.45) is 3.62. The van der Waals surface area contributed by atoms with Gasteiger partial charge in [-0.1, -0.05) is 34.6 Å². The number of hydrogen-bond acceptors (Lipinski definition) is 2. The minimum Gasteiger partial charge on any atom is -0.404 e. The first kappa shape index (κ1) is 15.1. The van der Waals surface area contributed by atoms with E-state index in [1.807, 2.05) is 0 Å². The van der Waals surface area contributed by atoms with E-state index in [1.54, 1.807) is 0 Å². The maximum Gasteiger partial charge on any atom is 0.149 e. The first-order chi connectivity index (χ1) is 6.99. The Morgan fingerprint density at radius 3 is 1.73 bits per heavy atom. The van der Waals surface area contributed by atoms with Crippen molar-refractivity contribution in [1.82, 2.24) is 0 Å². The van der Waals surface area contributed by atoms with Gasteiger partial charge in [0.25, 0.3) is 0 Å². The summed E-state index contributed by atoms with van der Waals surface area (Å²) < 4.78 is 11.4. The first-order valence-corrected chi connectivity index (χ1v) is 6.99. The summed E-state index contributed by atoms with van der Waals surface area (Å²) in [4.78, 5) is 0. The zero-order valence-corrected chi connectivity index (χ0v) is 13.2. The zero-order valence-electron chi connectivity index (χ0n) is 11.2. The molecule has 0 rings (SSSR count). The van der Waals surface area contributed by atoms with E-state index in [1.165, 1.54) is 0 Å². The van der Waals surface area contributed by atoms with Gasteiger partial charge in [-0.15, -0.1) is 0 Å². The average molecular weight is 232 g/mol. The Balaban J connectivity index is 4.09. The van der Waals surface area contributed by atoms with Crippen molar-refractivity contribution in [2.75, 3.05) is 0 Å². The Morgan fingerprint density at radius 2 is 1.47 bits per heavy atom. The standard InChI is InChI=1S/C12H28O2Si/c1-6-12(14-15)13-11(7-9(2)3)8-10(4)5/h9-12H,6-8H2,1-5,15H3. The molecular formula is C12H28O2Si. The van der Waals surface area contributed by atoms with Crippen LogP contribution in [0.2, 0.25) is 0 Å². The fourth-order valence-electron chi connectivity index (χ4n) is 1.79. The van der Waals surface area contributed by atoms with Gasteiger partial charge in [-0.2, -0.15) is 0 Å². The molecule has 0 aromatic heterocycles. The zero-order chi connectivity index (χ0) is 11.8. The average Bonchev–Trinajstić information content (AvgIpc) is 2.11. The van der Waals surface area contributed by atoms with Crippen molar-refractivity contribution in [2.45, 2.75) is 66.3 Å². The maximum atomic E-state index is 5.98. The van der Waals surface area contributed by atoms with E-state index in [0.717, 1.165) is 29.7 Å². The molecular weight excluding hydrogens is 204 g/mol. The molecule has 0 aromatic carbocycles. The molecule has 0 aliphatic carbocycles. The minimum atomic E-state index is 0.0270. The summed E-state index contributed by atoms with van der Waals surface area (Å²) in [6, 6.07) is 0. The molecule has 0 bridgehead atoms. The summed E-state index contributed by atoms with van der Waals surface area (Å²) in [6.45, 7) is 11.1. The molecule has 3 heteroatoms. The third-order valence-electron chi connectivity index (χ3n) is 2.41. The van der Waals surface area contributed by atoms with Crippen molar-refractivity contribution in [2.24, 2.45) is 11.8 Å². The van der Waals surface area contributed by atoms with E-state index in [4.69, 9.17) is 9.16 Å². The van der Waals surface area contributed by atoms with Crippen LogP contribution in [0.4, 0.5) is 0 Å². The van der Waals surface area contributed by atoms with Gasteiger partial charge < -0.3 is 9.16 Å². The summed E-state index contributed by atoms with van der Waals surface area (Å²) in [5.74, 6) is 1.39. The van der Waals surface area contributed by atoms with E-state index in [0.29, 0.717) is 17.9 Å². The molecule has 92 valence electrons. The fraction of sp³-hybridized carbons (Fsp3) is 1.00. The molecule has 0 fully saturated rings. The predicted octanol–water partition coefficient (Wildman–Crippen LogP) is 2.50. The van der Waals surface area contributed by atoms with Gasteiger partial charge in [0.05, 0.1) is 6.10 Å². The van der Waals surface area contributed by atoms with Crippen LogP contribution in [-0.2, 0) is 9.16 Å². The normalized spacial score (nSPS) is 14.4. The van der Waals surface area contributed by atoms with E-state index < -0.39 is 0 Å². The molecule has 0 aromatic rings. The molecule has 0 aliphatic heterocycles. The highest BCUT2D eigenvalue weighted by atomic mass is 28.2. The van der Waals surface area contributed by atoms with Crippen molar-refractivity contribution in [3.05, 3.63) is 0 Å². The van der Waals surface area contributed by atoms with Gasteiger partial charge >= 0.3 is 0 Å². The second-order valence-electron chi connectivity index (χ2n) is 5.09. The fourth-order valence-corrected chi connectivity index (χ4v) is 2.24. The summed E-state index contributed by atoms with van der Waals surface area (Å²) >= 11 is 0. The molecule has 2 nitrogen and oxygen atoms in total. The molecule has 0 aliphatic rings. The van der Waals surface area contributed by atoms with Crippen molar-refractivity contribution in [1.29, 1.82) is 0 Å². The van der Waals surface area contributed by atoms with Gasteiger partial charge in [-0.3, -0.25) is 0 Å². The van der Waals surface area contributed by atoms with E-state index in [9.17, 15) is 0 Å².